The molecule has 0 bridgehead atoms. The van der Waals surface area contributed by atoms with Gasteiger partial charge in [-0.25, -0.2) is 12.8 Å². The molecule has 0 saturated heterocycles. The highest BCUT2D eigenvalue weighted by Crippen LogP contribution is 2.27. The molecule has 2 amide bonds. The number of carbonyl (C=O) groups is 2. The minimum absolute atomic E-state index is 0.0183. The van der Waals surface area contributed by atoms with E-state index in [-0.39, 0.29) is 23.4 Å². The van der Waals surface area contributed by atoms with Crippen molar-refractivity contribution in [1.82, 2.24) is 10.2 Å². The highest BCUT2D eigenvalue weighted by Gasteiger charge is 2.34. The minimum atomic E-state index is -4.20. The maximum Gasteiger partial charge on any atom is 0.264 e. The Morgan fingerprint density at radius 1 is 0.833 bits per heavy atom. The third kappa shape index (κ3) is 7.22. The molecular formula is C33H34FN3O4S. The van der Waals surface area contributed by atoms with Crippen molar-refractivity contribution in [2.45, 2.75) is 37.8 Å². The normalized spacial score (nSPS) is 11.9. The average Bonchev–Trinajstić information content (AvgIpc) is 2.98. The lowest BCUT2D eigenvalue weighted by Crippen LogP contribution is -2.53. The molecule has 1 N–H and O–H groups in total. The van der Waals surface area contributed by atoms with Gasteiger partial charge in [0.25, 0.3) is 10.0 Å². The molecule has 4 rings (SSSR count). The van der Waals surface area contributed by atoms with Gasteiger partial charge in [0.05, 0.1) is 10.6 Å². The molecule has 0 aromatic heterocycles. The molecule has 1 atom stereocenters. The molecule has 0 aliphatic heterocycles. The lowest BCUT2D eigenvalue weighted by molar-refractivity contribution is -0.139. The Morgan fingerprint density at radius 2 is 1.40 bits per heavy atom. The van der Waals surface area contributed by atoms with Crippen LogP contribution in [-0.4, -0.2) is 44.8 Å². The maximum atomic E-state index is 14.9. The molecule has 9 heteroatoms. The Labute approximate surface area is 246 Å². The number of nitrogens with zero attached hydrogens (tertiary/aromatic N) is 2. The molecule has 0 spiro atoms. The van der Waals surface area contributed by atoms with Crippen LogP contribution in [0.2, 0.25) is 0 Å². The van der Waals surface area contributed by atoms with Gasteiger partial charge in [-0.2, -0.15) is 0 Å². The molecule has 4 aromatic rings. The van der Waals surface area contributed by atoms with Gasteiger partial charge >= 0.3 is 0 Å². The Bertz CT molecular complexity index is 1630. The van der Waals surface area contributed by atoms with E-state index in [1.807, 2.05) is 50.2 Å². The first-order valence-corrected chi connectivity index (χ1v) is 15.0. The van der Waals surface area contributed by atoms with Crippen LogP contribution in [0.25, 0.3) is 0 Å². The third-order valence-electron chi connectivity index (χ3n) is 6.92. The number of hydrogen-bond donors (Lipinski definition) is 1. The van der Waals surface area contributed by atoms with E-state index < -0.39 is 40.2 Å². The van der Waals surface area contributed by atoms with Crippen LogP contribution in [0.3, 0.4) is 0 Å². The monoisotopic (exact) mass is 587 g/mol. The van der Waals surface area contributed by atoms with Crippen LogP contribution in [0.1, 0.15) is 22.3 Å². The van der Waals surface area contributed by atoms with Crippen molar-refractivity contribution in [2.24, 2.45) is 0 Å². The number of halogens is 1. The second kappa shape index (κ2) is 13.4. The molecule has 4 aromatic carbocycles. The van der Waals surface area contributed by atoms with Gasteiger partial charge in [0.2, 0.25) is 11.8 Å². The van der Waals surface area contributed by atoms with E-state index in [0.29, 0.717) is 5.69 Å². The fraction of sp³-hybridized carbons (Fsp3) is 0.212. The fourth-order valence-corrected chi connectivity index (χ4v) is 6.29. The summed E-state index contributed by atoms with van der Waals surface area (Å²) in [6.45, 7) is 2.86. The zero-order valence-corrected chi connectivity index (χ0v) is 24.6. The molecule has 0 heterocycles. The Balaban J connectivity index is 1.81. The number of aryl methyl sites for hydroxylation is 2. The van der Waals surface area contributed by atoms with Crippen LogP contribution in [0.15, 0.2) is 108 Å². The molecule has 0 radical (unpaired) electrons. The van der Waals surface area contributed by atoms with Crippen molar-refractivity contribution in [3.05, 3.63) is 131 Å². The van der Waals surface area contributed by atoms with Crippen LogP contribution >= 0.6 is 0 Å². The van der Waals surface area contributed by atoms with Gasteiger partial charge in [0.15, 0.2) is 0 Å². The number of benzene rings is 4. The van der Waals surface area contributed by atoms with Crippen LogP contribution in [0.5, 0.6) is 0 Å². The van der Waals surface area contributed by atoms with Gasteiger partial charge in [0, 0.05) is 25.6 Å². The lowest BCUT2D eigenvalue weighted by Gasteiger charge is -2.33. The standard InChI is InChI=1S/C33H34FN3O4S/c1-24-18-25(2)20-28(19-24)37(42(40,41)29-15-8-5-9-16-29)23-32(38)36(22-27-14-10-11-17-30(27)34)31(33(39)35-3)21-26-12-6-4-7-13-26/h4-20,31H,21-23H2,1-3H3,(H,35,39). The predicted octanol–water partition coefficient (Wildman–Crippen LogP) is 5.02. The van der Waals surface area contributed by atoms with Crippen molar-refractivity contribution in [3.8, 4) is 0 Å². The van der Waals surface area contributed by atoms with E-state index in [1.54, 1.807) is 48.5 Å². The Hall–Kier alpha value is -4.50. The Morgan fingerprint density at radius 3 is 2.00 bits per heavy atom. The second-order valence-corrected chi connectivity index (χ2v) is 12.0. The van der Waals surface area contributed by atoms with Crippen LogP contribution in [-0.2, 0) is 32.6 Å². The highest BCUT2D eigenvalue weighted by molar-refractivity contribution is 7.92. The van der Waals surface area contributed by atoms with Crippen LogP contribution in [0, 0.1) is 19.7 Å². The number of likely N-dealkylation sites (N-methyl/N-ethyl adjacent to an activating group) is 1. The van der Waals surface area contributed by atoms with Gasteiger partial charge in [-0.1, -0.05) is 72.8 Å². The van der Waals surface area contributed by atoms with Gasteiger partial charge < -0.3 is 10.2 Å². The van der Waals surface area contributed by atoms with E-state index in [9.17, 15) is 22.4 Å². The predicted molar refractivity (Wildman–Crippen MR) is 162 cm³/mol. The van der Waals surface area contributed by atoms with E-state index >= 15 is 0 Å². The minimum Gasteiger partial charge on any atom is -0.357 e. The molecule has 42 heavy (non-hydrogen) atoms. The first-order valence-electron chi connectivity index (χ1n) is 13.5. The maximum absolute atomic E-state index is 14.9. The summed E-state index contributed by atoms with van der Waals surface area (Å²) in [4.78, 5) is 28.8. The third-order valence-corrected chi connectivity index (χ3v) is 8.71. The lowest BCUT2D eigenvalue weighted by atomic mass is 10.0. The number of anilines is 1. The largest absolute Gasteiger partial charge is 0.357 e. The number of carbonyl (C=O) groups excluding carboxylic acids is 2. The number of sulfonamides is 1. The highest BCUT2D eigenvalue weighted by atomic mass is 32.2. The second-order valence-electron chi connectivity index (χ2n) is 10.1. The number of rotatable bonds is 11. The van der Waals surface area contributed by atoms with Crippen molar-refractivity contribution >= 4 is 27.5 Å². The van der Waals surface area contributed by atoms with Crippen molar-refractivity contribution in [3.63, 3.8) is 0 Å². The van der Waals surface area contributed by atoms with Crippen LogP contribution < -0.4 is 9.62 Å². The van der Waals surface area contributed by atoms with E-state index in [1.165, 1.54) is 30.1 Å². The molecule has 0 aliphatic carbocycles. The molecule has 0 saturated carbocycles. The molecular weight excluding hydrogens is 553 g/mol. The topological polar surface area (TPSA) is 86.8 Å². The van der Waals surface area contributed by atoms with Gasteiger partial charge in [-0.3, -0.25) is 13.9 Å². The van der Waals surface area contributed by atoms with Crippen molar-refractivity contribution in [1.29, 1.82) is 0 Å². The summed E-state index contributed by atoms with van der Waals surface area (Å²) in [5.74, 6) is -1.64. The summed E-state index contributed by atoms with van der Waals surface area (Å²) >= 11 is 0. The summed E-state index contributed by atoms with van der Waals surface area (Å²) in [6, 6.07) is 27.3. The first kappa shape index (κ1) is 30.5. The SMILES string of the molecule is CNC(=O)C(Cc1ccccc1)N(Cc1ccccc1F)C(=O)CN(c1cc(C)cc(C)c1)S(=O)(=O)c1ccccc1. The van der Waals surface area contributed by atoms with Gasteiger partial charge in [-0.15, -0.1) is 0 Å². The van der Waals surface area contributed by atoms with Gasteiger partial charge in [0.1, 0.15) is 18.4 Å². The Kier molecular flexibility index (Phi) is 9.75. The van der Waals surface area contributed by atoms with E-state index in [0.717, 1.165) is 21.0 Å². The number of hydrogen-bond acceptors (Lipinski definition) is 4. The quantitative estimate of drug-likeness (QED) is 0.267. The molecule has 218 valence electrons. The van der Waals surface area contributed by atoms with Crippen molar-refractivity contribution < 1.29 is 22.4 Å². The van der Waals surface area contributed by atoms with Crippen LogP contribution in [0.4, 0.5) is 10.1 Å². The van der Waals surface area contributed by atoms with Crippen molar-refractivity contribution in [2.75, 3.05) is 17.9 Å². The smallest absolute Gasteiger partial charge is 0.264 e. The summed E-state index contributed by atoms with van der Waals surface area (Å²) in [5.41, 5.74) is 2.95. The summed E-state index contributed by atoms with van der Waals surface area (Å²) in [7, 11) is -2.73. The number of nitrogens with one attached hydrogen (secondary N) is 1. The van der Waals surface area contributed by atoms with Gasteiger partial charge in [-0.05, 0) is 60.9 Å². The van der Waals surface area contributed by atoms with E-state index in [2.05, 4.69) is 5.32 Å². The number of amides is 2. The molecule has 0 fully saturated rings. The zero-order valence-electron chi connectivity index (χ0n) is 23.8. The summed E-state index contributed by atoms with van der Waals surface area (Å²) < 4.78 is 43.9. The van der Waals surface area contributed by atoms with E-state index in [4.69, 9.17) is 0 Å². The molecule has 0 aliphatic rings. The summed E-state index contributed by atoms with van der Waals surface area (Å²) in [6.07, 6.45) is 0.149. The fourth-order valence-electron chi connectivity index (χ4n) is 4.87. The first-order chi connectivity index (χ1) is 20.1. The molecule has 1 unspecified atom stereocenters. The molecule has 7 nitrogen and oxygen atoms in total. The zero-order chi connectivity index (χ0) is 30.3. The average molecular weight is 588 g/mol. The summed E-state index contributed by atoms with van der Waals surface area (Å²) in [5, 5.41) is 2.62.